The maximum Gasteiger partial charge on any atom is 0.261 e. The number of benzene rings is 2. The van der Waals surface area contributed by atoms with Crippen LogP contribution in [0.4, 0.5) is 5.69 Å². The number of hydrogen-bond acceptors (Lipinski definition) is 4. The molecule has 5 rings (SSSR count). The maximum atomic E-state index is 13.7. The minimum absolute atomic E-state index is 0.0982. The second-order valence-corrected chi connectivity index (χ2v) is 11.2. The molecule has 6 nitrogen and oxygen atoms in total. The normalized spacial score (nSPS) is 28.4. The first-order chi connectivity index (χ1) is 16.1. The van der Waals surface area contributed by atoms with Gasteiger partial charge in [-0.3, -0.25) is 9.69 Å². The number of hydrogen-bond donors (Lipinski definition) is 1. The summed E-state index contributed by atoms with van der Waals surface area (Å²) in [7, 11) is 1.69. The third-order valence-electron chi connectivity index (χ3n) is 8.07. The van der Waals surface area contributed by atoms with Gasteiger partial charge in [0, 0.05) is 19.0 Å². The van der Waals surface area contributed by atoms with Gasteiger partial charge in [0.1, 0.15) is 11.4 Å². The van der Waals surface area contributed by atoms with Crippen LogP contribution >= 0.6 is 0 Å². The largest absolute Gasteiger partial charge is 0.487 e. The van der Waals surface area contributed by atoms with E-state index in [0.29, 0.717) is 23.8 Å². The summed E-state index contributed by atoms with van der Waals surface area (Å²) < 4.78 is 6.73. The number of ether oxygens (including phenoxy) is 1. The molecule has 0 radical (unpaired) electrons. The second-order valence-electron chi connectivity index (χ2n) is 11.2. The molecule has 3 aliphatic rings. The molecule has 2 aromatic carbocycles. The fraction of sp³-hybridized carbons (Fsp3) is 0.464. The number of carbonyl (C=O) groups excluding carboxylic acids is 1. The van der Waals surface area contributed by atoms with Crippen molar-refractivity contribution in [3.05, 3.63) is 59.4 Å². The van der Waals surface area contributed by atoms with Crippen LogP contribution < -0.4 is 10.5 Å². The summed E-state index contributed by atoms with van der Waals surface area (Å²) in [6.45, 7) is 14.3. The van der Waals surface area contributed by atoms with E-state index in [-0.39, 0.29) is 17.3 Å². The van der Waals surface area contributed by atoms with E-state index in [4.69, 9.17) is 22.0 Å². The Balaban J connectivity index is 1.60. The van der Waals surface area contributed by atoms with E-state index in [1.165, 1.54) is 4.90 Å². The van der Waals surface area contributed by atoms with Crippen LogP contribution in [0.15, 0.2) is 47.5 Å². The average molecular weight is 457 g/mol. The zero-order chi connectivity index (χ0) is 24.3. The Morgan fingerprint density at radius 3 is 2.47 bits per heavy atom. The lowest BCUT2D eigenvalue weighted by Crippen LogP contribution is -2.53. The van der Waals surface area contributed by atoms with Crippen LogP contribution in [0, 0.1) is 17.9 Å². The first-order valence-corrected chi connectivity index (χ1v) is 12.0. The van der Waals surface area contributed by atoms with Crippen LogP contribution in [0.25, 0.3) is 16.0 Å². The fourth-order valence-electron chi connectivity index (χ4n) is 5.99. The van der Waals surface area contributed by atoms with Gasteiger partial charge in [0.15, 0.2) is 17.2 Å². The predicted octanol–water partition coefficient (Wildman–Crippen LogP) is 5.64. The Morgan fingerprint density at radius 2 is 1.85 bits per heavy atom. The van der Waals surface area contributed by atoms with Crippen molar-refractivity contribution in [2.45, 2.75) is 64.0 Å². The summed E-state index contributed by atoms with van der Waals surface area (Å²) in [5.74, 6) is 1.49. The monoisotopic (exact) mass is 456 g/mol. The van der Waals surface area contributed by atoms with E-state index in [2.05, 4.69) is 25.6 Å². The highest BCUT2D eigenvalue weighted by Crippen LogP contribution is 2.55. The Bertz CT molecular complexity index is 1230. The van der Waals surface area contributed by atoms with E-state index in [1.807, 2.05) is 36.4 Å². The first-order valence-electron chi connectivity index (χ1n) is 12.0. The minimum Gasteiger partial charge on any atom is -0.487 e. The van der Waals surface area contributed by atoms with Crippen molar-refractivity contribution in [2.75, 3.05) is 7.05 Å². The number of nitrogens with two attached hydrogens (primary N) is 1. The molecule has 1 atom stereocenters. The molecule has 2 N–H and O–H groups in total. The molecule has 6 heteroatoms. The van der Waals surface area contributed by atoms with Crippen LogP contribution in [0.1, 0.15) is 58.4 Å². The van der Waals surface area contributed by atoms with Crippen molar-refractivity contribution in [3.8, 4) is 16.9 Å². The lowest BCUT2D eigenvalue weighted by molar-refractivity contribution is -0.135. The standard InChI is InChI=1S/C28H32N4O2/c1-26(2,3)20-11-13-27(14-12-20)17-28(24(33)32(5)25(29)31-28)22-16-19(9-10-23(22)34-27)18-7-6-8-21(15-18)30-4/h6-10,15-16,20H,11-14,17H2,1-3,5H3,(H2,29,31). The van der Waals surface area contributed by atoms with E-state index >= 15 is 0 Å². The summed E-state index contributed by atoms with van der Waals surface area (Å²) >= 11 is 0. The Morgan fingerprint density at radius 1 is 1.15 bits per heavy atom. The minimum atomic E-state index is -1.07. The fourth-order valence-corrected chi connectivity index (χ4v) is 5.99. The Kier molecular flexibility index (Phi) is 5.02. The molecular formula is C28H32N4O2. The highest BCUT2D eigenvalue weighted by molar-refractivity contribution is 6.07. The molecule has 1 aliphatic carbocycles. The van der Waals surface area contributed by atoms with Crippen molar-refractivity contribution >= 4 is 17.6 Å². The van der Waals surface area contributed by atoms with Gasteiger partial charge in [0.25, 0.3) is 5.91 Å². The zero-order valence-electron chi connectivity index (χ0n) is 20.4. The van der Waals surface area contributed by atoms with Crippen LogP contribution in [-0.4, -0.2) is 29.4 Å². The lowest BCUT2D eigenvalue weighted by atomic mass is 9.64. The molecule has 1 fully saturated rings. The molecule has 176 valence electrons. The van der Waals surface area contributed by atoms with Crippen LogP contribution in [-0.2, 0) is 10.3 Å². The van der Waals surface area contributed by atoms with Gasteiger partial charge in [-0.15, -0.1) is 0 Å². The number of rotatable bonds is 1. The molecular weight excluding hydrogens is 424 g/mol. The Labute approximate surface area is 201 Å². The predicted molar refractivity (Wildman–Crippen MR) is 134 cm³/mol. The molecule has 1 unspecified atom stereocenters. The summed E-state index contributed by atoms with van der Waals surface area (Å²) in [4.78, 5) is 23.5. The molecule has 2 aromatic rings. The summed E-state index contributed by atoms with van der Waals surface area (Å²) in [5.41, 5.74) is 8.14. The smallest absolute Gasteiger partial charge is 0.261 e. The summed E-state index contributed by atoms with van der Waals surface area (Å²) in [6.07, 6.45) is 4.44. The number of fused-ring (bicyclic) bond motifs is 2. The van der Waals surface area contributed by atoms with E-state index in [0.717, 1.165) is 42.4 Å². The van der Waals surface area contributed by atoms with Crippen LogP contribution in [0.2, 0.25) is 0 Å². The number of amides is 1. The average Bonchev–Trinajstić information content (AvgIpc) is 3.02. The SMILES string of the molecule is [C-]#[N+]c1cccc(-c2ccc3c(c2)C2(CC4(CCC(C(C)(C)C)CC4)O3)N=C(N)N(C)C2=O)c1. The topological polar surface area (TPSA) is 72.3 Å². The number of guanidine groups is 1. The van der Waals surface area contributed by atoms with E-state index in [1.54, 1.807) is 13.1 Å². The second kappa shape index (κ2) is 7.59. The van der Waals surface area contributed by atoms with Gasteiger partial charge in [-0.05, 0) is 66.3 Å². The Hall–Kier alpha value is -3.33. The van der Waals surface area contributed by atoms with Crippen molar-refractivity contribution in [3.63, 3.8) is 0 Å². The molecule has 0 bridgehead atoms. The highest BCUT2D eigenvalue weighted by Gasteiger charge is 2.58. The number of carbonyl (C=O) groups is 1. The van der Waals surface area contributed by atoms with Crippen molar-refractivity contribution in [1.82, 2.24) is 4.90 Å². The van der Waals surface area contributed by atoms with Crippen molar-refractivity contribution in [2.24, 2.45) is 22.1 Å². The molecule has 2 aliphatic heterocycles. The molecule has 0 aromatic heterocycles. The first kappa shape index (κ1) is 22.5. The van der Waals surface area contributed by atoms with Crippen molar-refractivity contribution < 1.29 is 9.53 Å². The third kappa shape index (κ3) is 3.46. The third-order valence-corrected chi connectivity index (χ3v) is 8.07. The zero-order valence-corrected chi connectivity index (χ0v) is 20.4. The van der Waals surface area contributed by atoms with Gasteiger partial charge in [-0.25, -0.2) is 9.84 Å². The molecule has 1 amide bonds. The summed E-state index contributed by atoms with van der Waals surface area (Å²) in [5, 5.41) is 0. The van der Waals surface area contributed by atoms with Gasteiger partial charge in [0.05, 0.1) is 6.57 Å². The van der Waals surface area contributed by atoms with Gasteiger partial charge >= 0.3 is 0 Å². The highest BCUT2D eigenvalue weighted by atomic mass is 16.5. The van der Waals surface area contributed by atoms with Crippen LogP contribution in [0.3, 0.4) is 0 Å². The molecule has 0 saturated heterocycles. The summed E-state index contributed by atoms with van der Waals surface area (Å²) in [6, 6.07) is 13.5. The van der Waals surface area contributed by atoms with Gasteiger partial charge in [-0.2, -0.15) is 0 Å². The quantitative estimate of drug-likeness (QED) is 0.564. The van der Waals surface area contributed by atoms with E-state index < -0.39 is 11.1 Å². The maximum absolute atomic E-state index is 13.7. The van der Waals surface area contributed by atoms with Gasteiger partial charge in [0.2, 0.25) is 0 Å². The molecule has 2 spiro atoms. The molecule has 1 saturated carbocycles. The molecule has 2 heterocycles. The number of nitrogens with zero attached hydrogens (tertiary/aromatic N) is 3. The van der Waals surface area contributed by atoms with Gasteiger partial charge in [-0.1, -0.05) is 45.0 Å². The number of likely N-dealkylation sites (N-methyl/N-ethyl adjacent to an activating group) is 1. The van der Waals surface area contributed by atoms with E-state index in [9.17, 15) is 4.79 Å². The van der Waals surface area contributed by atoms with Gasteiger partial charge < -0.3 is 10.5 Å². The lowest BCUT2D eigenvalue weighted by Gasteiger charge is -2.49. The van der Waals surface area contributed by atoms with Crippen molar-refractivity contribution in [1.29, 1.82) is 0 Å². The molecule has 34 heavy (non-hydrogen) atoms. The van der Waals surface area contributed by atoms with Crippen LogP contribution in [0.5, 0.6) is 5.75 Å². The number of aliphatic imine (C=N–C) groups is 1.